The number of carboxylic acid groups (broad SMARTS) is 4. The molecule has 17 nitrogen and oxygen atoms in total. The molecule has 0 aliphatic rings. The van der Waals surface area contributed by atoms with Crippen LogP contribution in [0.2, 0.25) is 0 Å². The maximum Gasteiger partial charge on any atom is 0.320 e. The molecular weight excluding hydrogens is 592 g/mol. The van der Waals surface area contributed by atoms with Crippen LogP contribution in [-0.4, -0.2) is 107 Å². The zero-order chi connectivity index (χ0) is 34.2. The number of aliphatic carboxylic acids is 4. The number of hydrogen-bond donors (Lipinski definition) is 11. The molecule has 14 N–H and O–H groups in total. The number of benzene rings is 1. The van der Waals surface area contributed by atoms with Gasteiger partial charge in [-0.1, -0.05) is 37.3 Å². The lowest BCUT2D eigenvalue weighted by atomic mass is 10.1. The first-order chi connectivity index (χ1) is 21.3. The van der Waals surface area contributed by atoms with Crippen molar-refractivity contribution < 1.29 is 44.7 Å². The number of nitrogens with one attached hydrogen (secondary N) is 3. The van der Waals surface area contributed by atoms with Crippen LogP contribution in [0.4, 0.5) is 0 Å². The molecule has 3 rings (SSSR count). The van der Waals surface area contributed by atoms with Gasteiger partial charge in [0.05, 0.1) is 12.7 Å². The Morgan fingerprint density at radius 1 is 0.756 bits per heavy atom. The molecule has 3 aromatic rings. The summed E-state index contributed by atoms with van der Waals surface area (Å²) in [6.45, 7) is 2.55. The summed E-state index contributed by atoms with van der Waals surface area (Å²) in [4.78, 5) is 54.3. The summed E-state index contributed by atoms with van der Waals surface area (Å²) in [5.41, 5.74) is 18.3. The summed E-state index contributed by atoms with van der Waals surface area (Å²) in [5.74, 6) is -3.86. The van der Waals surface area contributed by atoms with Crippen molar-refractivity contribution in [3.63, 3.8) is 0 Å². The van der Waals surface area contributed by atoms with E-state index in [0.29, 0.717) is 13.0 Å². The Balaban J connectivity index is 0.000000574. The van der Waals surface area contributed by atoms with E-state index in [0.717, 1.165) is 23.4 Å². The summed E-state index contributed by atoms with van der Waals surface area (Å²) < 4.78 is 0. The maximum atomic E-state index is 10.4. The molecule has 2 aromatic heterocycles. The van der Waals surface area contributed by atoms with Gasteiger partial charge >= 0.3 is 23.9 Å². The normalized spacial score (nSPS) is 12.7. The van der Waals surface area contributed by atoms with E-state index in [4.69, 9.17) is 42.7 Å². The van der Waals surface area contributed by atoms with Crippen molar-refractivity contribution in [2.75, 3.05) is 13.2 Å². The zero-order valence-electron chi connectivity index (χ0n) is 25.0. The van der Waals surface area contributed by atoms with E-state index < -0.39 is 48.0 Å². The predicted octanol–water partition coefficient (Wildman–Crippen LogP) is -0.809. The second kappa shape index (κ2) is 23.7. The van der Waals surface area contributed by atoms with Gasteiger partial charge in [-0.15, -0.1) is 0 Å². The Bertz CT molecular complexity index is 1160. The van der Waals surface area contributed by atoms with E-state index in [1.54, 1.807) is 12.4 Å². The minimum absolute atomic E-state index is 0.0896. The molecule has 0 amide bonds. The van der Waals surface area contributed by atoms with Gasteiger partial charge in [-0.05, 0) is 31.4 Å². The van der Waals surface area contributed by atoms with Gasteiger partial charge in [0.1, 0.15) is 24.2 Å². The number of carboxylic acids is 4. The molecule has 2 heterocycles. The van der Waals surface area contributed by atoms with E-state index in [2.05, 4.69) is 25.3 Å². The molecule has 45 heavy (non-hydrogen) atoms. The molecule has 0 aliphatic heterocycles. The maximum absolute atomic E-state index is 10.4. The van der Waals surface area contributed by atoms with Crippen LogP contribution in [-0.2, 0) is 38.4 Å². The molecule has 0 spiro atoms. The van der Waals surface area contributed by atoms with E-state index in [1.807, 2.05) is 37.3 Å². The lowest BCUT2D eigenvalue weighted by molar-refractivity contribution is -0.140. The monoisotopic (exact) mass is 636 g/mol. The fourth-order valence-electron chi connectivity index (χ4n) is 3.16. The van der Waals surface area contributed by atoms with Crippen LogP contribution in [0.5, 0.6) is 0 Å². The molecular formula is C28H44N8O9. The Morgan fingerprint density at radius 3 is 1.53 bits per heavy atom. The largest absolute Gasteiger partial charge is 0.480 e. The lowest BCUT2D eigenvalue weighted by Crippen LogP contribution is -2.37. The van der Waals surface area contributed by atoms with Gasteiger partial charge in [-0.2, -0.15) is 0 Å². The van der Waals surface area contributed by atoms with Crippen molar-refractivity contribution in [3.05, 3.63) is 72.3 Å². The third-order valence-electron chi connectivity index (χ3n) is 5.60. The van der Waals surface area contributed by atoms with Crippen molar-refractivity contribution in [1.82, 2.24) is 25.3 Å². The van der Waals surface area contributed by atoms with Crippen LogP contribution in [0.25, 0.3) is 0 Å². The van der Waals surface area contributed by atoms with Gasteiger partial charge in [-0.25, -0.2) is 9.97 Å². The molecule has 17 heteroatoms. The van der Waals surface area contributed by atoms with Gasteiger partial charge in [0.2, 0.25) is 0 Å². The third kappa shape index (κ3) is 20.0. The first kappa shape index (κ1) is 40.3. The minimum atomic E-state index is -1.00. The molecule has 0 saturated carbocycles. The van der Waals surface area contributed by atoms with E-state index in [-0.39, 0.29) is 25.9 Å². The highest BCUT2D eigenvalue weighted by atomic mass is 16.4. The van der Waals surface area contributed by atoms with Gasteiger partial charge in [-0.3, -0.25) is 19.2 Å². The third-order valence-corrected chi connectivity index (χ3v) is 5.60. The fraction of sp³-hybridized carbons (Fsp3) is 0.429. The molecule has 0 saturated heterocycles. The van der Waals surface area contributed by atoms with Crippen LogP contribution in [0.15, 0.2) is 55.4 Å². The molecule has 0 aliphatic carbocycles. The van der Waals surface area contributed by atoms with Crippen molar-refractivity contribution in [2.24, 2.45) is 17.2 Å². The summed E-state index contributed by atoms with van der Waals surface area (Å²) >= 11 is 0. The molecule has 1 aromatic carbocycles. The number of aliphatic hydroxyl groups is 1. The number of nitrogens with zero attached hydrogens (tertiary/aromatic N) is 2. The number of aromatic amines is 2. The van der Waals surface area contributed by atoms with Crippen molar-refractivity contribution in [2.45, 2.75) is 63.2 Å². The molecule has 0 bridgehead atoms. The molecule has 0 fully saturated rings. The Hall–Kier alpha value is -4.68. The lowest BCUT2D eigenvalue weighted by Gasteiger charge is -2.11. The first-order valence-electron chi connectivity index (χ1n) is 13.8. The number of H-pyrrole nitrogens is 2. The molecule has 4 atom stereocenters. The Kier molecular flexibility index (Phi) is 21.3. The van der Waals surface area contributed by atoms with Gasteiger partial charge in [0.15, 0.2) is 0 Å². The predicted molar refractivity (Wildman–Crippen MR) is 163 cm³/mol. The topological polar surface area (TPSA) is 317 Å². The number of aromatic nitrogens is 4. The minimum Gasteiger partial charge on any atom is -0.480 e. The van der Waals surface area contributed by atoms with Crippen molar-refractivity contribution >= 4 is 23.9 Å². The van der Waals surface area contributed by atoms with Crippen LogP contribution >= 0.6 is 0 Å². The van der Waals surface area contributed by atoms with E-state index in [9.17, 15) is 19.2 Å². The summed E-state index contributed by atoms with van der Waals surface area (Å²) in [7, 11) is 0. The van der Waals surface area contributed by atoms with Crippen LogP contribution in [0, 0.1) is 0 Å². The highest BCUT2D eigenvalue weighted by molar-refractivity contribution is 5.74. The van der Waals surface area contributed by atoms with Gasteiger partial charge in [0, 0.05) is 43.2 Å². The quantitative estimate of drug-likeness (QED) is 0.0971. The second-order valence-corrected chi connectivity index (χ2v) is 9.44. The Labute approximate surface area is 259 Å². The van der Waals surface area contributed by atoms with E-state index in [1.165, 1.54) is 12.7 Å². The van der Waals surface area contributed by atoms with Crippen LogP contribution in [0.1, 0.15) is 36.7 Å². The zero-order valence-corrected chi connectivity index (χ0v) is 25.0. The van der Waals surface area contributed by atoms with Crippen molar-refractivity contribution in [1.29, 1.82) is 0 Å². The highest BCUT2D eigenvalue weighted by Gasteiger charge is 2.15. The summed E-state index contributed by atoms with van der Waals surface area (Å²) in [5, 5.41) is 45.2. The van der Waals surface area contributed by atoms with Gasteiger partial charge in [0.25, 0.3) is 0 Å². The number of carbonyl (C=O) groups is 4. The Morgan fingerprint density at radius 2 is 1.20 bits per heavy atom. The first-order valence-corrected chi connectivity index (χ1v) is 13.8. The number of imidazole rings is 2. The summed E-state index contributed by atoms with van der Waals surface area (Å²) in [6.07, 6.45) is 8.23. The van der Waals surface area contributed by atoms with E-state index >= 15 is 0 Å². The smallest absolute Gasteiger partial charge is 0.320 e. The standard InChI is InChI=1S/C9H11NO2.C7H15NO3.2C6H9N3O2/c10-8(9(11)12)6-7-4-2-1-3-5-7;1-2-4-8-6(3-5-9)7(10)11;2*7-5(6(10)11)1-4-2-8-3-9-4/h1-5,8H,6,10H2,(H,11,12);6,8-9H,2-5H2,1H3,(H,10,11);2*2-3,5H,1,7H2,(H,8,9)(H,10,11). The average Bonchev–Trinajstić information content (AvgIpc) is 3.71. The molecule has 250 valence electrons. The second-order valence-electron chi connectivity index (χ2n) is 9.44. The van der Waals surface area contributed by atoms with Crippen LogP contribution < -0.4 is 22.5 Å². The SMILES string of the molecule is CCCNC(CCO)C(=O)O.NC(Cc1ccccc1)C(=O)O.NC(Cc1cnc[nH]1)C(=O)O.NC(Cc1cnc[nH]1)C(=O)O. The number of rotatable bonds is 15. The van der Waals surface area contributed by atoms with Gasteiger partial charge < -0.3 is 58.0 Å². The number of aliphatic hydroxyl groups excluding tert-OH is 1. The fourth-order valence-corrected chi connectivity index (χ4v) is 3.16. The highest BCUT2D eigenvalue weighted by Crippen LogP contribution is 2.01. The molecule has 0 radical (unpaired) electrons. The number of hydrogen-bond acceptors (Lipinski definition) is 11. The number of nitrogens with two attached hydrogens (primary N) is 3. The molecule has 4 unspecified atom stereocenters. The van der Waals surface area contributed by atoms with Crippen LogP contribution in [0.3, 0.4) is 0 Å². The summed E-state index contributed by atoms with van der Waals surface area (Å²) in [6, 6.07) is 6.24. The average molecular weight is 637 g/mol. The van der Waals surface area contributed by atoms with Crippen molar-refractivity contribution in [3.8, 4) is 0 Å².